The van der Waals surface area contributed by atoms with Gasteiger partial charge in [0.05, 0.1) is 11.2 Å². The third kappa shape index (κ3) is 2.06. The Morgan fingerprint density at radius 1 is 1.06 bits per heavy atom. The van der Waals surface area contributed by atoms with E-state index in [9.17, 15) is 4.79 Å². The van der Waals surface area contributed by atoms with Crippen LogP contribution in [0.5, 0.6) is 0 Å². The van der Waals surface area contributed by atoms with Crippen molar-refractivity contribution in [2.24, 2.45) is 0 Å². The summed E-state index contributed by atoms with van der Waals surface area (Å²) < 4.78 is 0. The van der Waals surface area contributed by atoms with Crippen molar-refractivity contribution >= 4 is 27.5 Å². The molecule has 1 aliphatic rings. The Balaban J connectivity index is 1.94. The highest BCUT2D eigenvalue weighted by molar-refractivity contribution is 9.09. The van der Waals surface area contributed by atoms with E-state index in [1.54, 1.807) is 0 Å². The Kier molecular flexibility index (Phi) is 2.92. The van der Waals surface area contributed by atoms with Crippen molar-refractivity contribution < 1.29 is 4.79 Å². The number of anilines is 1. The first-order valence-corrected chi connectivity index (χ1v) is 6.77. The zero-order chi connectivity index (χ0) is 12.5. The molecule has 0 bridgehead atoms. The summed E-state index contributed by atoms with van der Waals surface area (Å²) in [6, 6.07) is 16.4. The van der Waals surface area contributed by atoms with Gasteiger partial charge in [0, 0.05) is 5.69 Å². The number of fused-ring (bicyclic) bond motifs is 1. The quantitative estimate of drug-likeness (QED) is 0.843. The number of hydrogen-bond donors (Lipinski definition) is 1. The lowest BCUT2D eigenvalue weighted by Gasteiger charge is -2.11. The Labute approximate surface area is 114 Å². The van der Waals surface area contributed by atoms with Crippen LogP contribution in [0.3, 0.4) is 0 Å². The van der Waals surface area contributed by atoms with E-state index < -0.39 is 0 Å². The topological polar surface area (TPSA) is 29.1 Å². The van der Waals surface area contributed by atoms with Crippen LogP contribution in [0.4, 0.5) is 5.69 Å². The summed E-state index contributed by atoms with van der Waals surface area (Å²) in [6.45, 7) is 0. The molecule has 2 aromatic carbocycles. The van der Waals surface area contributed by atoms with E-state index in [0.717, 1.165) is 11.3 Å². The second kappa shape index (κ2) is 4.58. The fourth-order valence-corrected chi connectivity index (χ4v) is 2.81. The minimum atomic E-state index is 0.0768. The summed E-state index contributed by atoms with van der Waals surface area (Å²) in [6.07, 6.45) is 0.484. The molecule has 0 saturated heterocycles. The molecule has 0 radical (unpaired) electrons. The second-order valence-corrected chi connectivity index (χ2v) is 5.33. The van der Waals surface area contributed by atoms with Crippen molar-refractivity contribution in [1.29, 1.82) is 0 Å². The Morgan fingerprint density at radius 2 is 1.83 bits per heavy atom. The maximum atomic E-state index is 11.3. The summed E-state index contributed by atoms with van der Waals surface area (Å²) in [7, 11) is 0. The Bertz CT molecular complexity index is 595. The normalized spacial score (nSPS) is 15.1. The van der Waals surface area contributed by atoms with Gasteiger partial charge in [-0.1, -0.05) is 58.4 Å². The van der Waals surface area contributed by atoms with E-state index >= 15 is 0 Å². The van der Waals surface area contributed by atoms with Crippen LogP contribution in [-0.2, 0) is 11.2 Å². The lowest BCUT2D eigenvalue weighted by atomic mass is 10.0. The van der Waals surface area contributed by atoms with Crippen LogP contribution in [0.15, 0.2) is 48.5 Å². The number of hydrogen-bond acceptors (Lipinski definition) is 1. The molecule has 0 aliphatic carbocycles. The molecule has 0 aromatic heterocycles. The van der Waals surface area contributed by atoms with Crippen LogP contribution in [0.1, 0.15) is 21.5 Å². The minimum Gasteiger partial charge on any atom is -0.326 e. The fraction of sp³-hybridized carbons (Fsp3) is 0.133. The third-order valence-electron chi connectivity index (χ3n) is 3.14. The van der Waals surface area contributed by atoms with E-state index in [2.05, 4.69) is 45.5 Å². The van der Waals surface area contributed by atoms with Gasteiger partial charge in [-0.25, -0.2) is 0 Å². The van der Waals surface area contributed by atoms with Crippen molar-refractivity contribution in [2.75, 3.05) is 5.32 Å². The van der Waals surface area contributed by atoms with E-state index in [-0.39, 0.29) is 10.7 Å². The first-order chi connectivity index (χ1) is 8.74. The molecule has 2 nitrogen and oxygen atoms in total. The monoisotopic (exact) mass is 301 g/mol. The molecule has 1 atom stereocenters. The van der Waals surface area contributed by atoms with E-state index in [4.69, 9.17) is 0 Å². The van der Waals surface area contributed by atoms with Crippen LogP contribution in [-0.4, -0.2) is 5.91 Å². The van der Waals surface area contributed by atoms with E-state index in [1.807, 2.05) is 24.3 Å². The highest BCUT2D eigenvalue weighted by Gasteiger charge is 2.19. The SMILES string of the molecule is O=C1Cc2cc(C(Br)c3ccccc3)ccc2N1. The van der Waals surface area contributed by atoms with Gasteiger partial charge in [0.2, 0.25) is 5.91 Å². The van der Waals surface area contributed by atoms with Crippen molar-refractivity contribution in [1.82, 2.24) is 0 Å². The van der Waals surface area contributed by atoms with Crippen LogP contribution >= 0.6 is 15.9 Å². The van der Waals surface area contributed by atoms with Gasteiger partial charge in [-0.3, -0.25) is 4.79 Å². The molecule has 0 fully saturated rings. The third-order valence-corrected chi connectivity index (χ3v) is 4.20. The Hall–Kier alpha value is -1.61. The molecule has 0 spiro atoms. The molecular formula is C15H12BrNO. The lowest BCUT2D eigenvalue weighted by Crippen LogP contribution is -2.03. The summed E-state index contributed by atoms with van der Waals surface area (Å²) in [4.78, 5) is 11.5. The number of halogens is 1. The first kappa shape index (κ1) is 11.5. The van der Waals surface area contributed by atoms with Crippen LogP contribution in [0.2, 0.25) is 0 Å². The standard InChI is InChI=1S/C15H12BrNO/c16-15(10-4-2-1-3-5-10)11-6-7-13-12(8-11)9-14(18)17-13/h1-8,15H,9H2,(H,17,18). The molecule has 3 rings (SSSR count). The van der Waals surface area contributed by atoms with Crippen LogP contribution in [0, 0.1) is 0 Å². The summed E-state index contributed by atoms with van der Waals surface area (Å²) in [5.74, 6) is 0.0768. The lowest BCUT2D eigenvalue weighted by molar-refractivity contribution is -0.115. The number of alkyl halides is 1. The van der Waals surface area contributed by atoms with Crippen molar-refractivity contribution in [3.05, 3.63) is 65.2 Å². The molecule has 0 saturated carbocycles. The van der Waals surface area contributed by atoms with Crippen LogP contribution < -0.4 is 5.32 Å². The average molecular weight is 302 g/mol. The highest BCUT2D eigenvalue weighted by atomic mass is 79.9. The molecule has 2 aromatic rings. The van der Waals surface area contributed by atoms with Gasteiger partial charge >= 0.3 is 0 Å². The van der Waals surface area contributed by atoms with E-state index in [0.29, 0.717) is 6.42 Å². The van der Waals surface area contributed by atoms with Gasteiger partial charge in [0.15, 0.2) is 0 Å². The maximum Gasteiger partial charge on any atom is 0.228 e. The Morgan fingerprint density at radius 3 is 2.61 bits per heavy atom. The smallest absolute Gasteiger partial charge is 0.228 e. The highest BCUT2D eigenvalue weighted by Crippen LogP contribution is 2.34. The van der Waals surface area contributed by atoms with Crippen molar-refractivity contribution in [3.8, 4) is 0 Å². The van der Waals surface area contributed by atoms with Gasteiger partial charge in [-0.15, -0.1) is 0 Å². The van der Waals surface area contributed by atoms with Crippen molar-refractivity contribution in [2.45, 2.75) is 11.2 Å². The molecule has 1 unspecified atom stereocenters. The summed E-state index contributed by atoms with van der Waals surface area (Å²) in [5, 5.41) is 2.85. The number of amides is 1. The first-order valence-electron chi connectivity index (χ1n) is 5.86. The van der Waals surface area contributed by atoms with Gasteiger partial charge < -0.3 is 5.32 Å². The largest absolute Gasteiger partial charge is 0.326 e. The zero-order valence-corrected chi connectivity index (χ0v) is 11.3. The number of carbonyl (C=O) groups is 1. The van der Waals surface area contributed by atoms with E-state index in [1.165, 1.54) is 11.1 Å². The summed E-state index contributed by atoms with van der Waals surface area (Å²) >= 11 is 3.71. The number of carbonyl (C=O) groups excluding carboxylic acids is 1. The second-order valence-electron chi connectivity index (χ2n) is 4.41. The molecule has 90 valence electrons. The van der Waals surface area contributed by atoms with Gasteiger partial charge in [0.25, 0.3) is 0 Å². The summed E-state index contributed by atoms with van der Waals surface area (Å²) in [5.41, 5.74) is 4.42. The molecule has 1 N–H and O–H groups in total. The van der Waals surface area contributed by atoms with Gasteiger partial charge in [0.1, 0.15) is 0 Å². The molecular weight excluding hydrogens is 290 g/mol. The predicted octanol–water partition coefficient (Wildman–Crippen LogP) is 3.67. The minimum absolute atomic E-state index is 0.0768. The fourth-order valence-electron chi connectivity index (χ4n) is 2.22. The van der Waals surface area contributed by atoms with Gasteiger partial charge in [-0.2, -0.15) is 0 Å². The molecule has 3 heteroatoms. The number of rotatable bonds is 2. The molecule has 1 amide bonds. The number of benzene rings is 2. The molecule has 1 aliphatic heterocycles. The zero-order valence-electron chi connectivity index (χ0n) is 9.69. The predicted molar refractivity (Wildman–Crippen MR) is 76.0 cm³/mol. The van der Waals surface area contributed by atoms with Gasteiger partial charge in [-0.05, 0) is 22.8 Å². The molecule has 18 heavy (non-hydrogen) atoms. The van der Waals surface area contributed by atoms with Crippen LogP contribution in [0.25, 0.3) is 0 Å². The van der Waals surface area contributed by atoms with Crippen molar-refractivity contribution in [3.63, 3.8) is 0 Å². The average Bonchev–Trinajstić information content (AvgIpc) is 2.78. The molecule has 1 heterocycles. The number of nitrogens with one attached hydrogen (secondary N) is 1. The maximum absolute atomic E-state index is 11.3.